The zero-order chi connectivity index (χ0) is 14.3. The highest BCUT2D eigenvalue weighted by molar-refractivity contribution is 5.77. The van der Waals surface area contributed by atoms with Crippen LogP contribution in [0.3, 0.4) is 0 Å². The molecule has 0 heterocycles. The van der Waals surface area contributed by atoms with Crippen LogP contribution in [-0.2, 0) is 4.79 Å². The zero-order valence-electron chi connectivity index (χ0n) is 11.9. The van der Waals surface area contributed by atoms with Crippen LogP contribution in [0.1, 0.15) is 13.8 Å². The van der Waals surface area contributed by atoms with Gasteiger partial charge in [0.25, 0.3) is 5.91 Å². The Labute approximate surface area is 113 Å². The second-order valence-electron chi connectivity index (χ2n) is 4.48. The number of ether oxygens (including phenoxy) is 3. The Balaban J connectivity index is 2.60. The summed E-state index contributed by atoms with van der Waals surface area (Å²) < 4.78 is 15.8. The predicted octanol–water partition coefficient (Wildman–Crippen LogP) is 1.85. The molecule has 0 aliphatic heterocycles. The van der Waals surface area contributed by atoms with Gasteiger partial charge in [0.05, 0.1) is 14.2 Å². The predicted molar refractivity (Wildman–Crippen MR) is 72.9 cm³/mol. The maximum Gasteiger partial charge on any atom is 0.257 e. The van der Waals surface area contributed by atoms with Gasteiger partial charge in [-0.05, 0) is 18.1 Å². The molecule has 1 rings (SSSR count). The highest BCUT2D eigenvalue weighted by Gasteiger charge is 2.12. The van der Waals surface area contributed by atoms with Crippen molar-refractivity contribution in [2.45, 2.75) is 13.8 Å². The Morgan fingerprint density at radius 1 is 1.21 bits per heavy atom. The molecule has 0 bridgehead atoms. The van der Waals surface area contributed by atoms with E-state index in [1.54, 1.807) is 25.3 Å². The Bertz CT molecular complexity index is 418. The van der Waals surface area contributed by atoms with Crippen LogP contribution in [0.5, 0.6) is 17.2 Å². The van der Waals surface area contributed by atoms with Crippen molar-refractivity contribution < 1.29 is 19.0 Å². The van der Waals surface area contributed by atoms with Crippen molar-refractivity contribution in [2.75, 3.05) is 27.4 Å². The summed E-state index contributed by atoms with van der Waals surface area (Å²) in [7, 11) is 3.08. The number of nitrogens with one attached hydrogen (secondary N) is 1. The average molecular weight is 267 g/mol. The van der Waals surface area contributed by atoms with E-state index in [9.17, 15) is 4.79 Å². The molecule has 0 atom stereocenters. The number of hydrogen-bond acceptors (Lipinski definition) is 4. The SMILES string of the molecule is COc1cccc(OCC(=O)NCC(C)C)c1OC. The smallest absolute Gasteiger partial charge is 0.257 e. The summed E-state index contributed by atoms with van der Waals surface area (Å²) in [4.78, 5) is 11.6. The lowest BCUT2D eigenvalue weighted by Gasteiger charge is -2.13. The van der Waals surface area contributed by atoms with E-state index < -0.39 is 0 Å². The van der Waals surface area contributed by atoms with E-state index in [1.807, 2.05) is 13.8 Å². The van der Waals surface area contributed by atoms with Crippen molar-refractivity contribution >= 4 is 5.91 Å². The molecule has 0 spiro atoms. The summed E-state index contributed by atoms with van der Waals surface area (Å²) in [6.07, 6.45) is 0. The van der Waals surface area contributed by atoms with Crippen LogP contribution in [0.4, 0.5) is 0 Å². The maximum atomic E-state index is 11.6. The summed E-state index contributed by atoms with van der Waals surface area (Å²) in [5.41, 5.74) is 0. The topological polar surface area (TPSA) is 56.8 Å². The minimum Gasteiger partial charge on any atom is -0.493 e. The average Bonchev–Trinajstić information content (AvgIpc) is 2.42. The first-order valence-corrected chi connectivity index (χ1v) is 6.19. The molecule has 5 heteroatoms. The molecule has 1 aromatic rings. The highest BCUT2D eigenvalue weighted by Crippen LogP contribution is 2.36. The summed E-state index contributed by atoms with van der Waals surface area (Å²) in [6, 6.07) is 5.28. The fourth-order valence-electron chi connectivity index (χ4n) is 1.48. The quantitative estimate of drug-likeness (QED) is 0.819. The number of methoxy groups -OCH3 is 2. The van der Waals surface area contributed by atoms with E-state index in [0.29, 0.717) is 29.7 Å². The van der Waals surface area contributed by atoms with Crippen molar-refractivity contribution in [3.63, 3.8) is 0 Å². The minimum absolute atomic E-state index is 0.0454. The fourth-order valence-corrected chi connectivity index (χ4v) is 1.48. The van der Waals surface area contributed by atoms with Gasteiger partial charge in [-0.1, -0.05) is 19.9 Å². The van der Waals surface area contributed by atoms with Crippen molar-refractivity contribution in [2.24, 2.45) is 5.92 Å². The summed E-state index contributed by atoms with van der Waals surface area (Å²) in [5.74, 6) is 1.81. The van der Waals surface area contributed by atoms with E-state index in [4.69, 9.17) is 14.2 Å². The molecule has 0 aromatic heterocycles. The number of amides is 1. The number of hydrogen-bond donors (Lipinski definition) is 1. The van der Waals surface area contributed by atoms with Gasteiger partial charge in [-0.25, -0.2) is 0 Å². The van der Waals surface area contributed by atoms with E-state index in [1.165, 1.54) is 7.11 Å². The molecule has 5 nitrogen and oxygen atoms in total. The van der Waals surface area contributed by atoms with E-state index >= 15 is 0 Å². The van der Waals surface area contributed by atoms with Gasteiger partial charge in [0.2, 0.25) is 5.75 Å². The van der Waals surface area contributed by atoms with Gasteiger partial charge in [-0.3, -0.25) is 4.79 Å². The Morgan fingerprint density at radius 2 is 1.89 bits per heavy atom. The van der Waals surface area contributed by atoms with Gasteiger partial charge in [-0.15, -0.1) is 0 Å². The van der Waals surface area contributed by atoms with Gasteiger partial charge >= 0.3 is 0 Å². The summed E-state index contributed by atoms with van der Waals surface area (Å²) >= 11 is 0. The standard InChI is InChI=1S/C14H21NO4/c1-10(2)8-15-13(16)9-19-12-7-5-6-11(17-3)14(12)18-4/h5-7,10H,8-9H2,1-4H3,(H,15,16). The van der Waals surface area contributed by atoms with Gasteiger partial charge < -0.3 is 19.5 Å². The largest absolute Gasteiger partial charge is 0.493 e. The number of carbonyl (C=O) groups excluding carboxylic acids is 1. The Morgan fingerprint density at radius 3 is 2.47 bits per heavy atom. The lowest BCUT2D eigenvalue weighted by molar-refractivity contribution is -0.123. The van der Waals surface area contributed by atoms with Gasteiger partial charge in [0, 0.05) is 6.54 Å². The first kappa shape index (κ1) is 15.1. The van der Waals surface area contributed by atoms with Crippen LogP contribution < -0.4 is 19.5 Å². The van der Waals surface area contributed by atoms with Crippen molar-refractivity contribution in [3.8, 4) is 17.2 Å². The first-order valence-electron chi connectivity index (χ1n) is 6.19. The van der Waals surface area contributed by atoms with Crippen LogP contribution in [0, 0.1) is 5.92 Å². The second kappa shape index (κ2) is 7.51. The molecule has 19 heavy (non-hydrogen) atoms. The van der Waals surface area contributed by atoms with E-state index in [2.05, 4.69) is 5.32 Å². The monoisotopic (exact) mass is 267 g/mol. The molecule has 0 radical (unpaired) electrons. The third-order valence-electron chi connectivity index (χ3n) is 2.43. The van der Waals surface area contributed by atoms with Crippen molar-refractivity contribution in [3.05, 3.63) is 18.2 Å². The van der Waals surface area contributed by atoms with E-state index in [0.717, 1.165) is 0 Å². The van der Waals surface area contributed by atoms with Crippen LogP contribution in [0.2, 0.25) is 0 Å². The maximum absolute atomic E-state index is 11.6. The molecule has 1 amide bonds. The molecular formula is C14H21NO4. The Hall–Kier alpha value is -1.91. The van der Waals surface area contributed by atoms with Gasteiger partial charge in [-0.2, -0.15) is 0 Å². The van der Waals surface area contributed by atoms with Crippen LogP contribution in [0.15, 0.2) is 18.2 Å². The normalized spacial score (nSPS) is 10.2. The molecule has 1 N–H and O–H groups in total. The fraction of sp³-hybridized carbons (Fsp3) is 0.500. The molecule has 0 aliphatic carbocycles. The number of benzene rings is 1. The van der Waals surface area contributed by atoms with Crippen molar-refractivity contribution in [1.82, 2.24) is 5.32 Å². The van der Waals surface area contributed by atoms with Crippen LogP contribution >= 0.6 is 0 Å². The van der Waals surface area contributed by atoms with Crippen LogP contribution in [0.25, 0.3) is 0 Å². The summed E-state index contributed by atoms with van der Waals surface area (Å²) in [6.45, 7) is 4.66. The molecule has 0 saturated carbocycles. The number of carbonyl (C=O) groups is 1. The molecule has 1 aromatic carbocycles. The van der Waals surface area contributed by atoms with Gasteiger partial charge in [0.1, 0.15) is 0 Å². The molecule has 0 aliphatic rings. The molecule has 106 valence electrons. The second-order valence-corrected chi connectivity index (χ2v) is 4.48. The number of rotatable bonds is 7. The first-order chi connectivity index (χ1) is 9.08. The molecule has 0 fully saturated rings. The lowest BCUT2D eigenvalue weighted by Crippen LogP contribution is -2.31. The number of para-hydroxylation sites is 1. The third kappa shape index (κ3) is 4.69. The van der Waals surface area contributed by atoms with Crippen LogP contribution in [-0.4, -0.2) is 33.3 Å². The lowest BCUT2D eigenvalue weighted by atomic mass is 10.2. The molecule has 0 unspecified atom stereocenters. The summed E-state index contributed by atoms with van der Waals surface area (Å²) in [5, 5.41) is 2.78. The Kier molecular flexibility index (Phi) is 5.99. The zero-order valence-corrected chi connectivity index (χ0v) is 11.9. The third-order valence-corrected chi connectivity index (χ3v) is 2.43. The van der Waals surface area contributed by atoms with Crippen molar-refractivity contribution in [1.29, 1.82) is 0 Å². The minimum atomic E-state index is -0.154. The highest BCUT2D eigenvalue weighted by atomic mass is 16.5. The molecule has 0 saturated heterocycles. The van der Waals surface area contributed by atoms with Gasteiger partial charge in [0.15, 0.2) is 18.1 Å². The van der Waals surface area contributed by atoms with E-state index in [-0.39, 0.29) is 12.5 Å². The molecular weight excluding hydrogens is 246 g/mol.